The first-order valence-corrected chi connectivity index (χ1v) is 8.37. The number of nitrogens with zero attached hydrogens (tertiary/aromatic N) is 2. The van der Waals surface area contributed by atoms with Gasteiger partial charge in [0.2, 0.25) is 5.91 Å². The third-order valence-corrected chi connectivity index (χ3v) is 5.27. The van der Waals surface area contributed by atoms with Gasteiger partial charge in [0.15, 0.2) is 0 Å². The standard InChI is InChI=1S/C16H21N3OS/c1-11-9-14(18-17-11)13-5-3-7-19(10-13)16(20)12(2)15-6-4-8-21-15/h4,6,8-9,12-13H,3,5,7,10H2,1-2H3,(H,17,18). The van der Waals surface area contributed by atoms with E-state index in [0.717, 1.165) is 42.2 Å². The molecule has 0 aromatic carbocycles. The van der Waals surface area contributed by atoms with Crippen molar-refractivity contribution >= 4 is 17.2 Å². The first-order chi connectivity index (χ1) is 10.1. The number of aromatic amines is 1. The third-order valence-electron chi connectivity index (χ3n) is 4.22. The molecule has 0 radical (unpaired) electrons. The molecule has 2 aromatic heterocycles. The summed E-state index contributed by atoms with van der Waals surface area (Å²) in [5, 5.41) is 9.40. The Morgan fingerprint density at radius 3 is 3.10 bits per heavy atom. The normalized spacial score (nSPS) is 20.5. The minimum absolute atomic E-state index is 0.0373. The fourth-order valence-electron chi connectivity index (χ4n) is 3.00. The number of H-pyrrole nitrogens is 1. The van der Waals surface area contributed by atoms with Crippen molar-refractivity contribution in [2.75, 3.05) is 13.1 Å². The van der Waals surface area contributed by atoms with Crippen molar-refractivity contribution in [3.63, 3.8) is 0 Å². The molecule has 2 atom stereocenters. The van der Waals surface area contributed by atoms with E-state index in [9.17, 15) is 4.79 Å². The fraction of sp³-hybridized carbons (Fsp3) is 0.500. The van der Waals surface area contributed by atoms with Crippen LogP contribution in [0.4, 0.5) is 0 Å². The van der Waals surface area contributed by atoms with Crippen LogP contribution in [-0.4, -0.2) is 34.1 Å². The Bertz CT molecular complexity index is 605. The quantitative estimate of drug-likeness (QED) is 0.946. The fourth-order valence-corrected chi connectivity index (χ4v) is 3.78. The summed E-state index contributed by atoms with van der Waals surface area (Å²) in [7, 11) is 0. The second-order valence-electron chi connectivity index (χ2n) is 5.84. The van der Waals surface area contributed by atoms with E-state index in [1.165, 1.54) is 0 Å². The summed E-state index contributed by atoms with van der Waals surface area (Å²) in [4.78, 5) is 15.9. The molecule has 112 valence electrons. The summed E-state index contributed by atoms with van der Waals surface area (Å²) in [5.74, 6) is 0.572. The molecular weight excluding hydrogens is 282 g/mol. The Kier molecular flexibility index (Phi) is 4.10. The van der Waals surface area contributed by atoms with Gasteiger partial charge in [-0.25, -0.2) is 0 Å². The summed E-state index contributed by atoms with van der Waals surface area (Å²) in [6.45, 7) is 5.69. The van der Waals surface area contributed by atoms with Gasteiger partial charge in [-0.3, -0.25) is 9.89 Å². The SMILES string of the molecule is Cc1cc(C2CCCN(C(=O)C(C)c3cccs3)C2)n[nH]1. The van der Waals surface area contributed by atoms with Crippen LogP contribution in [0.5, 0.6) is 0 Å². The molecule has 3 rings (SSSR count). The van der Waals surface area contributed by atoms with Crippen molar-refractivity contribution in [3.8, 4) is 0 Å². The topological polar surface area (TPSA) is 49.0 Å². The number of aromatic nitrogens is 2. The molecule has 0 saturated carbocycles. The van der Waals surface area contributed by atoms with Crippen molar-refractivity contribution in [3.05, 3.63) is 39.8 Å². The van der Waals surface area contributed by atoms with E-state index in [-0.39, 0.29) is 11.8 Å². The molecule has 1 fully saturated rings. The highest BCUT2D eigenvalue weighted by atomic mass is 32.1. The van der Waals surface area contributed by atoms with Crippen LogP contribution in [-0.2, 0) is 4.79 Å². The van der Waals surface area contributed by atoms with Gasteiger partial charge in [-0.2, -0.15) is 5.10 Å². The second kappa shape index (κ2) is 6.02. The lowest BCUT2D eigenvalue weighted by Crippen LogP contribution is -2.41. The smallest absolute Gasteiger partial charge is 0.230 e. The number of amides is 1. The summed E-state index contributed by atoms with van der Waals surface area (Å²) in [5.41, 5.74) is 2.18. The number of hydrogen-bond donors (Lipinski definition) is 1. The maximum absolute atomic E-state index is 12.7. The van der Waals surface area contributed by atoms with E-state index in [0.29, 0.717) is 5.92 Å². The van der Waals surface area contributed by atoms with Crippen LogP contribution in [0.25, 0.3) is 0 Å². The molecule has 1 amide bonds. The first kappa shape index (κ1) is 14.3. The predicted molar refractivity (Wildman–Crippen MR) is 84.6 cm³/mol. The first-order valence-electron chi connectivity index (χ1n) is 7.49. The molecule has 3 heterocycles. The zero-order chi connectivity index (χ0) is 14.8. The van der Waals surface area contributed by atoms with E-state index < -0.39 is 0 Å². The summed E-state index contributed by atoms with van der Waals surface area (Å²) >= 11 is 1.66. The van der Waals surface area contributed by atoms with Gasteiger partial charge >= 0.3 is 0 Å². The minimum atomic E-state index is -0.0373. The molecule has 0 bridgehead atoms. The van der Waals surface area contributed by atoms with Crippen molar-refractivity contribution in [2.45, 2.75) is 38.5 Å². The Labute approximate surface area is 129 Å². The lowest BCUT2D eigenvalue weighted by atomic mass is 9.93. The van der Waals surface area contributed by atoms with Crippen molar-refractivity contribution in [2.24, 2.45) is 0 Å². The van der Waals surface area contributed by atoms with Crippen LogP contribution in [0.3, 0.4) is 0 Å². The number of rotatable bonds is 3. The molecule has 2 unspecified atom stereocenters. The molecule has 1 aliphatic rings. The molecule has 0 spiro atoms. The Morgan fingerprint density at radius 1 is 1.57 bits per heavy atom. The minimum Gasteiger partial charge on any atom is -0.341 e. The van der Waals surface area contributed by atoms with Gasteiger partial charge in [-0.05, 0) is 44.2 Å². The highest BCUT2D eigenvalue weighted by molar-refractivity contribution is 7.10. The summed E-state index contributed by atoms with van der Waals surface area (Å²) < 4.78 is 0. The maximum Gasteiger partial charge on any atom is 0.230 e. The number of piperidine rings is 1. The molecule has 1 N–H and O–H groups in total. The monoisotopic (exact) mass is 303 g/mol. The number of carbonyl (C=O) groups excluding carboxylic acids is 1. The highest BCUT2D eigenvalue weighted by Gasteiger charge is 2.29. The van der Waals surface area contributed by atoms with E-state index in [2.05, 4.69) is 16.3 Å². The molecule has 1 aliphatic heterocycles. The van der Waals surface area contributed by atoms with Crippen LogP contribution < -0.4 is 0 Å². The number of likely N-dealkylation sites (tertiary alicyclic amines) is 1. The Morgan fingerprint density at radius 2 is 2.43 bits per heavy atom. The van der Waals surface area contributed by atoms with E-state index in [4.69, 9.17) is 0 Å². The molecule has 4 nitrogen and oxygen atoms in total. The van der Waals surface area contributed by atoms with Crippen molar-refractivity contribution in [1.82, 2.24) is 15.1 Å². The molecular formula is C16H21N3OS. The van der Waals surface area contributed by atoms with Gasteiger partial charge in [-0.1, -0.05) is 6.07 Å². The van der Waals surface area contributed by atoms with Crippen molar-refractivity contribution < 1.29 is 4.79 Å². The second-order valence-corrected chi connectivity index (χ2v) is 6.82. The van der Waals surface area contributed by atoms with E-state index >= 15 is 0 Å². The molecule has 5 heteroatoms. The van der Waals surface area contributed by atoms with Crippen LogP contribution >= 0.6 is 11.3 Å². The summed E-state index contributed by atoms with van der Waals surface area (Å²) in [6.07, 6.45) is 2.17. The maximum atomic E-state index is 12.7. The van der Waals surface area contributed by atoms with Gasteiger partial charge in [-0.15, -0.1) is 11.3 Å². The summed E-state index contributed by atoms with van der Waals surface area (Å²) in [6, 6.07) is 6.16. The van der Waals surface area contributed by atoms with E-state index in [1.54, 1.807) is 11.3 Å². The van der Waals surface area contributed by atoms with Gasteiger partial charge < -0.3 is 4.90 Å². The molecule has 21 heavy (non-hydrogen) atoms. The van der Waals surface area contributed by atoms with Crippen molar-refractivity contribution in [1.29, 1.82) is 0 Å². The molecule has 2 aromatic rings. The van der Waals surface area contributed by atoms with Crippen LogP contribution in [0.15, 0.2) is 23.6 Å². The largest absolute Gasteiger partial charge is 0.341 e. The van der Waals surface area contributed by atoms with Gasteiger partial charge in [0.1, 0.15) is 0 Å². The number of hydrogen-bond acceptors (Lipinski definition) is 3. The third kappa shape index (κ3) is 3.02. The number of aryl methyl sites for hydroxylation is 1. The highest BCUT2D eigenvalue weighted by Crippen LogP contribution is 2.29. The number of thiophene rings is 1. The van der Waals surface area contributed by atoms with E-state index in [1.807, 2.05) is 36.3 Å². The van der Waals surface area contributed by atoms with Gasteiger partial charge in [0.25, 0.3) is 0 Å². The molecule has 1 saturated heterocycles. The van der Waals surface area contributed by atoms with Crippen LogP contribution in [0.1, 0.15) is 47.9 Å². The van der Waals surface area contributed by atoms with Gasteiger partial charge in [0, 0.05) is 29.6 Å². The zero-order valence-corrected chi connectivity index (χ0v) is 13.3. The zero-order valence-electron chi connectivity index (χ0n) is 12.5. The average Bonchev–Trinajstić information content (AvgIpc) is 3.17. The average molecular weight is 303 g/mol. The molecule has 0 aliphatic carbocycles. The number of carbonyl (C=O) groups is 1. The Balaban J connectivity index is 1.69. The lowest BCUT2D eigenvalue weighted by molar-refractivity contribution is -0.133. The Hall–Kier alpha value is -1.62. The number of nitrogens with one attached hydrogen (secondary N) is 1. The lowest BCUT2D eigenvalue weighted by Gasteiger charge is -2.33. The van der Waals surface area contributed by atoms with Crippen LogP contribution in [0.2, 0.25) is 0 Å². The van der Waals surface area contributed by atoms with Crippen LogP contribution in [0, 0.1) is 6.92 Å². The predicted octanol–water partition coefficient (Wildman–Crippen LogP) is 3.29. The van der Waals surface area contributed by atoms with Gasteiger partial charge in [0.05, 0.1) is 11.6 Å².